The van der Waals surface area contributed by atoms with Crippen molar-refractivity contribution in [3.8, 4) is 0 Å². The number of nitrogens with zero attached hydrogens (tertiary/aromatic N) is 2. The summed E-state index contributed by atoms with van der Waals surface area (Å²) in [6, 6.07) is 26.5. The maximum Gasteiger partial charge on any atom is 0.255 e. The molecule has 0 bridgehead atoms. The molecule has 0 spiro atoms. The number of anilines is 4. The van der Waals surface area contributed by atoms with Crippen molar-refractivity contribution in [1.82, 2.24) is 0 Å². The summed E-state index contributed by atoms with van der Waals surface area (Å²) in [5.74, 6) is -1.23. The third-order valence-electron chi connectivity index (χ3n) is 6.69. The van der Waals surface area contributed by atoms with Crippen LogP contribution in [0.2, 0.25) is 0 Å². The molecule has 0 aliphatic carbocycles. The highest BCUT2D eigenvalue weighted by Crippen LogP contribution is 2.16. The Bertz CT molecular complexity index is 1670. The molecule has 0 aliphatic heterocycles. The molecule has 226 valence electrons. The lowest BCUT2D eigenvalue weighted by atomic mass is 10.1. The van der Waals surface area contributed by atoms with Crippen molar-refractivity contribution < 1.29 is 40.7 Å². The van der Waals surface area contributed by atoms with E-state index >= 15 is 0 Å². The smallest absolute Gasteiger partial charge is 0.255 e. The van der Waals surface area contributed by atoms with Crippen molar-refractivity contribution in [2.24, 2.45) is 14.1 Å². The Morgan fingerprint density at radius 1 is 0.378 bits per heavy atom. The Balaban J connectivity index is 0.00000461. The topological polar surface area (TPSA) is 124 Å². The summed E-state index contributed by atoms with van der Waals surface area (Å²) >= 11 is 0. The highest BCUT2D eigenvalue weighted by molar-refractivity contribution is 6.08. The summed E-state index contributed by atoms with van der Waals surface area (Å²) in [6.07, 6.45) is 7.34. The molecule has 0 unspecified atom stereocenters. The van der Waals surface area contributed by atoms with Crippen LogP contribution in [0.1, 0.15) is 41.4 Å². The zero-order valence-corrected chi connectivity index (χ0v) is 25.2. The first-order chi connectivity index (χ1) is 21.2. The maximum absolute atomic E-state index is 12.8. The van der Waals surface area contributed by atoms with Crippen LogP contribution in [0, 0.1) is 0 Å². The number of carbonyl (C=O) groups excluding carboxylic acids is 4. The van der Waals surface area contributed by atoms with Crippen LogP contribution in [0.3, 0.4) is 0 Å². The molecule has 5 aromatic rings. The average molecular weight is 622 g/mol. The lowest BCUT2D eigenvalue weighted by Crippen LogP contribution is -3.00. The van der Waals surface area contributed by atoms with E-state index in [1.807, 2.05) is 48.0 Å². The van der Waals surface area contributed by atoms with E-state index in [0.717, 1.165) is 0 Å². The van der Waals surface area contributed by atoms with Crippen LogP contribution in [0.5, 0.6) is 0 Å². The molecule has 5 rings (SSSR count). The Morgan fingerprint density at radius 2 is 0.578 bits per heavy atom. The predicted octanol–water partition coefficient (Wildman–Crippen LogP) is 1.35. The van der Waals surface area contributed by atoms with E-state index in [-0.39, 0.29) is 36.0 Å². The van der Waals surface area contributed by atoms with Gasteiger partial charge in [0, 0.05) is 57.9 Å². The number of amides is 4. The summed E-state index contributed by atoms with van der Waals surface area (Å²) < 4.78 is 3.73. The van der Waals surface area contributed by atoms with Crippen LogP contribution in [0.4, 0.5) is 22.7 Å². The van der Waals surface area contributed by atoms with Crippen molar-refractivity contribution in [3.63, 3.8) is 0 Å². The molecule has 10 nitrogen and oxygen atoms in total. The van der Waals surface area contributed by atoms with Crippen molar-refractivity contribution in [3.05, 3.63) is 144 Å². The van der Waals surface area contributed by atoms with Gasteiger partial charge in [0.05, 0.1) is 11.4 Å². The first-order valence-corrected chi connectivity index (χ1v) is 13.7. The summed E-state index contributed by atoms with van der Waals surface area (Å²) in [6.45, 7) is 0. The molecule has 0 fully saturated rings. The second-order valence-corrected chi connectivity index (χ2v) is 10.1. The maximum atomic E-state index is 12.8. The van der Waals surface area contributed by atoms with E-state index < -0.39 is 0 Å². The van der Waals surface area contributed by atoms with Gasteiger partial charge in [-0.1, -0.05) is 0 Å². The SMILES string of the molecule is C[n+]1ccc(NC(=O)c2ccc(NC(=O)c3ccc(C(=O)Nc4ccc(C(=O)Nc5cc[n+](C)cc5)cc4)cc3)cc2)cc1.[Cl-]. The van der Waals surface area contributed by atoms with E-state index in [9.17, 15) is 19.2 Å². The summed E-state index contributed by atoms with van der Waals surface area (Å²) in [5.41, 5.74) is 4.03. The highest BCUT2D eigenvalue weighted by atomic mass is 35.5. The molecule has 4 N–H and O–H groups in total. The summed E-state index contributed by atoms with van der Waals surface area (Å²) in [5, 5.41) is 11.2. The third kappa shape index (κ3) is 8.59. The number of benzene rings is 3. The number of hydrogen-bond acceptors (Lipinski definition) is 4. The van der Waals surface area contributed by atoms with Gasteiger partial charge in [0.15, 0.2) is 24.8 Å². The van der Waals surface area contributed by atoms with E-state index in [0.29, 0.717) is 45.0 Å². The second kappa shape index (κ2) is 14.5. The molecule has 3 aromatic carbocycles. The van der Waals surface area contributed by atoms with Gasteiger partial charge in [0.1, 0.15) is 14.1 Å². The fraction of sp³-hybridized carbons (Fsp3) is 0.0588. The van der Waals surface area contributed by atoms with E-state index in [1.54, 1.807) is 97.1 Å². The van der Waals surface area contributed by atoms with E-state index in [4.69, 9.17) is 0 Å². The van der Waals surface area contributed by atoms with E-state index in [2.05, 4.69) is 21.3 Å². The molecule has 2 heterocycles. The number of aryl methyl sites for hydroxylation is 2. The molecule has 0 radical (unpaired) electrons. The van der Waals surface area contributed by atoms with Gasteiger partial charge in [-0.15, -0.1) is 0 Å². The zero-order chi connectivity index (χ0) is 31.1. The fourth-order valence-corrected chi connectivity index (χ4v) is 4.16. The van der Waals surface area contributed by atoms with Crippen LogP contribution in [-0.4, -0.2) is 23.6 Å². The summed E-state index contributed by atoms with van der Waals surface area (Å²) in [7, 11) is 3.78. The molecule has 2 aromatic heterocycles. The fourth-order valence-electron chi connectivity index (χ4n) is 4.16. The van der Waals surface area contributed by atoms with Gasteiger partial charge in [-0.2, -0.15) is 0 Å². The third-order valence-corrected chi connectivity index (χ3v) is 6.69. The predicted molar refractivity (Wildman–Crippen MR) is 166 cm³/mol. The number of hydrogen-bond donors (Lipinski definition) is 4. The van der Waals surface area contributed by atoms with Gasteiger partial charge in [-0.25, -0.2) is 9.13 Å². The monoisotopic (exact) mass is 621 g/mol. The minimum absolute atomic E-state index is 0. The van der Waals surface area contributed by atoms with Gasteiger partial charge < -0.3 is 33.7 Å². The van der Waals surface area contributed by atoms with Gasteiger partial charge in [-0.05, 0) is 72.8 Å². The largest absolute Gasteiger partial charge is 1.00 e. The van der Waals surface area contributed by atoms with Crippen LogP contribution >= 0.6 is 0 Å². The quantitative estimate of drug-likeness (QED) is 0.195. The molecule has 11 heteroatoms. The Labute approximate surface area is 266 Å². The number of pyridine rings is 2. The number of carbonyl (C=O) groups is 4. The van der Waals surface area contributed by atoms with Gasteiger partial charge in [-0.3, -0.25) is 19.2 Å². The lowest BCUT2D eigenvalue weighted by molar-refractivity contribution is -0.671. The van der Waals surface area contributed by atoms with Crippen molar-refractivity contribution in [2.45, 2.75) is 0 Å². The zero-order valence-electron chi connectivity index (χ0n) is 24.5. The van der Waals surface area contributed by atoms with Gasteiger partial charge in [0.25, 0.3) is 23.6 Å². The number of nitrogens with one attached hydrogen (secondary N) is 4. The molecular formula is C34H30ClN6O4+. The standard InChI is InChI=1S/C34H28N6O4.ClH/c1-39-19-15-29(16-20-39)37-33(43)25-7-11-27(12-8-25)35-31(41)23-3-5-24(6-4-23)32(42)36-28-13-9-26(10-14-28)34(44)38-30-17-21-40(2)22-18-30;/h3-22H,1-2H3,(H2,35,36,41,42,43,44);1H/p+1. The molecule has 0 saturated carbocycles. The lowest BCUT2D eigenvalue weighted by Gasteiger charge is -2.09. The molecule has 45 heavy (non-hydrogen) atoms. The molecular weight excluding hydrogens is 592 g/mol. The minimum atomic E-state index is -0.357. The van der Waals surface area contributed by atoms with Crippen molar-refractivity contribution in [1.29, 1.82) is 0 Å². The van der Waals surface area contributed by atoms with Crippen LogP contribution in [0.25, 0.3) is 0 Å². The number of rotatable bonds is 8. The first-order valence-electron chi connectivity index (χ1n) is 13.7. The Hall–Kier alpha value is -5.87. The van der Waals surface area contributed by atoms with Crippen LogP contribution < -0.4 is 42.8 Å². The van der Waals surface area contributed by atoms with Gasteiger partial charge in [0.2, 0.25) is 0 Å². The molecule has 0 aliphatic rings. The number of aromatic nitrogens is 2. The minimum Gasteiger partial charge on any atom is -1.00 e. The van der Waals surface area contributed by atoms with Crippen LogP contribution in [-0.2, 0) is 14.1 Å². The Kier molecular flexibility index (Phi) is 10.4. The van der Waals surface area contributed by atoms with Gasteiger partial charge >= 0.3 is 0 Å². The first kappa shape index (κ1) is 32.1. The molecule has 0 saturated heterocycles. The highest BCUT2D eigenvalue weighted by Gasteiger charge is 2.12. The van der Waals surface area contributed by atoms with Crippen molar-refractivity contribution >= 4 is 46.4 Å². The normalized spacial score (nSPS) is 10.2. The van der Waals surface area contributed by atoms with Crippen molar-refractivity contribution in [2.75, 3.05) is 21.3 Å². The molecule has 4 amide bonds. The van der Waals surface area contributed by atoms with Crippen LogP contribution in [0.15, 0.2) is 122 Å². The molecule has 0 atom stereocenters. The average Bonchev–Trinajstić information content (AvgIpc) is 3.04. The van der Waals surface area contributed by atoms with E-state index in [1.165, 1.54) is 0 Å². The number of halogens is 1. The summed E-state index contributed by atoms with van der Waals surface area (Å²) in [4.78, 5) is 50.6. The Morgan fingerprint density at radius 3 is 0.822 bits per heavy atom. The second-order valence-electron chi connectivity index (χ2n) is 10.1.